The zero-order valence-corrected chi connectivity index (χ0v) is 14.1. The fraction of sp³-hybridized carbons (Fsp3) is 0.632. The molecule has 0 bridgehead atoms. The highest BCUT2D eigenvalue weighted by molar-refractivity contribution is 5.92. The Morgan fingerprint density at radius 2 is 1.50 bits per heavy atom. The minimum atomic E-state index is -0.294. The van der Waals surface area contributed by atoms with Crippen molar-refractivity contribution in [3.05, 3.63) is 29.8 Å². The van der Waals surface area contributed by atoms with E-state index in [1.165, 1.54) is 44.9 Å². The van der Waals surface area contributed by atoms with Crippen LogP contribution in [0.1, 0.15) is 75.1 Å². The highest BCUT2D eigenvalue weighted by Gasteiger charge is 2.12. The molecule has 0 atom stereocenters. The zero-order valence-electron chi connectivity index (χ0n) is 14.1. The van der Waals surface area contributed by atoms with Crippen molar-refractivity contribution in [1.29, 1.82) is 0 Å². The molecule has 0 spiro atoms. The highest BCUT2D eigenvalue weighted by Crippen LogP contribution is 2.18. The second-order valence-corrected chi connectivity index (χ2v) is 5.66. The average molecular weight is 306 g/mol. The van der Waals surface area contributed by atoms with Gasteiger partial charge in [-0.05, 0) is 18.6 Å². The van der Waals surface area contributed by atoms with E-state index in [9.17, 15) is 4.79 Å². The molecule has 1 aromatic carbocycles. The predicted molar refractivity (Wildman–Crippen MR) is 90.5 cm³/mol. The molecule has 3 heteroatoms. The van der Waals surface area contributed by atoms with Gasteiger partial charge in [0.25, 0.3) is 0 Å². The topological polar surface area (TPSA) is 35.5 Å². The molecule has 1 rings (SSSR count). The number of rotatable bonds is 12. The molecule has 0 aliphatic heterocycles. The normalized spacial score (nSPS) is 10.5. The fourth-order valence-electron chi connectivity index (χ4n) is 2.47. The summed E-state index contributed by atoms with van der Waals surface area (Å²) in [6, 6.07) is 7.17. The van der Waals surface area contributed by atoms with Crippen LogP contribution >= 0.6 is 0 Å². The first-order valence-electron chi connectivity index (χ1n) is 8.59. The molecule has 0 amide bonds. The molecule has 0 fully saturated rings. The van der Waals surface area contributed by atoms with Crippen molar-refractivity contribution >= 4 is 5.97 Å². The molecule has 1 aromatic rings. The van der Waals surface area contributed by atoms with Crippen LogP contribution in [0, 0.1) is 0 Å². The molecule has 22 heavy (non-hydrogen) atoms. The third-order valence-electron chi connectivity index (χ3n) is 3.81. The molecule has 0 aliphatic rings. The molecule has 0 heterocycles. The number of ether oxygens (including phenoxy) is 2. The molecule has 0 radical (unpaired) electrons. The van der Waals surface area contributed by atoms with E-state index < -0.39 is 0 Å². The summed E-state index contributed by atoms with van der Waals surface area (Å²) < 4.78 is 10.5. The molecule has 0 unspecified atom stereocenters. The minimum Gasteiger partial charge on any atom is -0.496 e. The van der Waals surface area contributed by atoms with Crippen LogP contribution in [0.4, 0.5) is 0 Å². The minimum absolute atomic E-state index is 0.294. The first-order valence-corrected chi connectivity index (χ1v) is 8.59. The van der Waals surface area contributed by atoms with Crippen molar-refractivity contribution in [2.24, 2.45) is 0 Å². The lowest BCUT2D eigenvalue weighted by molar-refractivity contribution is 0.0494. The van der Waals surface area contributed by atoms with E-state index in [-0.39, 0.29) is 5.97 Å². The molecule has 3 nitrogen and oxygen atoms in total. The standard InChI is InChI=1S/C19H30O3/c1-3-4-5-6-7-8-9-10-13-16-22-19(20)17-14-11-12-15-18(17)21-2/h11-12,14-15H,3-10,13,16H2,1-2H3. The van der Waals surface area contributed by atoms with Crippen LogP contribution in [0.15, 0.2) is 24.3 Å². The highest BCUT2D eigenvalue weighted by atomic mass is 16.5. The molecule has 0 aromatic heterocycles. The Morgan fingerprint density at radius 3 is 2.14 bits per heavy atom. The van der Waals surface area contributed by atoms with Crippen molar-refractivity contribution in [2.75, 3.05) is 13.7 Å². The second kappa shape index (κ2) is 12.1. The van der Waals surface area contributed by atoms with Crippen molar-refractivity contribution in [1.82, 2.24) is 0 Å². The number of methoxy groups -OCH3 is 1. The number of hydrogen-bond donors (Lipinski definition) is 0. The number of carbonyl (C=O) groups is 1. The quantitative estimate of drug-likeness (QED) is 0.384. The lowest BCUT2D eigenvalue weighted by Crippen LogP contribution is -2.08. The summed E-state index contributed by atoms with van der Waals surface area (Å²) in [5.41, 5.74) is 0.501. The van der Waals surface area contributed by atoms with Gasteiger partial charge in [0.1, 0.15) is 11.3 Å². The van der Waals surface area contributed by atoms with Crippen LogP contribution in [-0.2, 0) is 4.74 Å². The van der Waals surface area contributed by atoms with Crippen LogP contribution in [0.5, 0.6) is 5.75 Å². The summed E-state index contributed by atoms with van der Waals surface area (Å²) in [7, 11) is 1.56. The van der Waals surface area contributed by atoms with Crippen molar-refractivity contribution in [3.8, 4) is 5.75 Å². The van der Waals surface area contributed by atoms with Crippen LogP contribution < -0.4 is 4.74 Å². The molecule has 0 saturated carbocycles. The fourth-order valence-corrected chi connectivity index (χ4v) is 2.47. The van der Waals surface area contributed by atoms with Crippen LogP contribution in [0.3, 0.4) is 0 Å². The maximum atomic E-state index is 12.0. The first-order chi connectivity index (χ1) is 10.8. The number of benzene rings is 1. The van der Waals surface area contributed by atoms with Gasteiger partial charge in [-0.3, -0.25) is 0 Å². The molecular formula is C19H30O3. The second-order valence-electron chi connectivity index (χ2n) is 5.66. The summed E-state index contributed by atoms with van der Waals surface area (Å²) >= 11 is 0. The molecule has 0 N–H and O–H groups in total. The van der Waals surface area contributed by atoms with Gasteiger partial charge >= 0.3 is 5.97 Å². The summed E-state index contributed by atoms with van der Waals surface area (Å²) in [6.45, 7) is 2.74. The molecule has 0 saturated heterocycles. The maximum absolute atomic E-state index is 12.0. The third kappa shape index (κ3) is 7.48. The number of carbonyl (C=O) groups excluding carboxylic acids is 1. The Balaban J connectivity index is 2.06. The van der Waals surface area contributed by atoms with Gasteiger partial charge in [0.2, 0.25) is 0 Å². The Bertz CT molecular complexity index is 415. The number of esters is 1. The van der Waals surface area contributed by atoms with Gasteiger partial charge in [-0.1, -0.05) is 70.4 Å². The van der Waals surface area contributed by atoms with Gasteiger partial charge in [-0.15, -0.1) is 0 Å². The van der Waals surface area contributed by atoms with Gasteiger partial charge < -0.3 is 9.47 Å². The summed E-state index contributed by atoms with van der Waals surface area (Å²) in [5, 5.41) is 0. The van der Waals surface area contributed by atoms with E-state index in [2.05, 4.69) is 6.92 Å². The van der Waals surface area contributed by atoms with E-state index in [0.717, 1.165) is 12.8 Å². The summed E-state index contributed by atoms with van der Waals surface area (Å²) in [6.07, 6.45) is 11.3. The third-order valence-corrected chi connectivity index (χ3v) is 3.81. The van der Waals surface area contributed by atoms with E-state index in [1.54, 1.807) is 19.2 Å². The Morgan fingerprint density at radius 1 is 0.909 bits per heavy atom. The summed E-state index contributed by atoms with van der Waals surface area (Å²) in [5.74, 6) is 0.275. The lowest BCUT2D eigenvalue weighted by Gasteiger charge is -2.08. The molecule has 0 aliphatic carbocycles. The average Bonchev–Trinajstić information content (AvgIpc) is 2.56. The van der Waals surface area contributed by atoms with E-state index in [1.807, 2.05) is 12.1 Å². The lowest BCUT2D eigenvalue weighted by atomic mass is 10.1. The number of hydrogen-bond acceptors (Lipinski definition) is 3. The monoisotopic (exact) mass is 306 g/mol. The van der Waals surface area contributed by atoms with Crippen molar-refractivity contribution in [2.45, 2.75) is 64.7 Å². The SMILES string of the molecule is CCCCCCCCCCCOC(=O)c1ccccc1OC. The Labute approximate surface area is 135 Å². The van der Waals surface area contributed by atoms with Gasteiger partial charge in [-0.2, -0.15) is 0 Å². The van der Waals surface area contributed by atoms with Gasteiger partial charge in [0.05, 0.1) is 13.7 Å². The Hall–Kier alpha value is -1.51. The molecule has 124 valence electrons. The van der Waals surface area contributed by atoms with Crippen LogP contribution in [-0.4, -0.2) is 19.7 Å². The van der Waals surface area contributed by atoms with Crippen LogP contribution in [0.2, 0.25) is 0 Å². The number of para-hydroxylation sites is 1. The van der Waals surface area contributed by atoms with Gasteiger partial charge in [0, 0.05) is 0 Å². The van der Waals surface area contributed by atoms with E-state index >= 15 is 0 Å². The number of unbranched alkanes of at least 4 members (excludes halogenated alkanes) is 8. The molecular weight excluding hydrogens is 276 g/mol. The Kier molecular flexibility index (Phi) is 10.2. The van der Waals surface area contributed by atoms with E-state index in [0.29, 0.717) is 17.9 Å². The van der Waals surface area contributed by atoms with Gasteiger partial charge in [0.15, 0.2) is 0 Å². The van der Waals surface area contributed by atoms with Gasteiger partial charge in [-0.25, -0.2) is 4.79 Å². The summed E-state index contributed by atoms with van der Waals surface area (Å²) in [4.78, 5) is 12.0. The largest absolute Gasteiger partial charge is 0.496 e. The zero-order chi connectivity index (χ0) is 16.0. The predicted octanol–water partition coefficient (Wildman–Crippen LogP) is 5.38. The first kappa shape index (κ1) is 18.5. The van der Waals surface area contributed by atoms with Crippen molar-refractivity contribution < 1.29 is 14.3 Å². The maximum Gasteiger partial charge on any atom is 0.341 e. The smallest absolute Gasteiger partial charge is 0.341 e. The van der Waals surface area contributed by atoms with Crippen LogP contribution in [0.25, 0.3) is 0 Å². The van der Waals surface area contributed by atoms with E-state index in [4.69, 9.17) is 9.47 Å². The van der Waals surface area contributed by atoms with Crippen molar-refractivity contribution in [3.63, 3.8) is 0 Å².